The van der Waals surface area contributed by atoms with Crippen molar-refractivity contribution in [3.63, 3.8) is 0 Å². The van der Waals surface area contributed by atoms with E-state index in [9.17, 15) is 18.0 Å². The van der Waals surface area contributed by atoms with Gasteiger partial charge in [0.05, 0.1) is 22.5 Å². The van der Waals surface area contributed by atoms with Gasteiger partial charge in [0.2, 0.25) is 11.8 Å². The van der Waals surface area contributed by atoms with Crippen molar-refractivity contribution in [2.45, 2.75) is 35.4 Å². The molecule has 7 rings (SSSR count). The van der Waals surface area contributed by atoms with E-state index >= 15 is 0 Å². The maximum atomic E-state index is 14.3. The van der Waals surface area contributed by atoms with E-state index in [0.29, 0.717) is 12.1 Å². The number of benzene rings is 3. The molecular formula is C29H25N3O4S. The maximum Gasteiger partial charge on any atom is 0.266 e. The van der Waals surface area contributed by atoms with Gasteiger partial charge in [-0.05, 0) is 53.3 Å². The molecule has 0 spiro atoms. The molecule has 0 unspecified atom stereocenters. The quantitative estimate of drug-likeness (QED) is 0.541. The molecule has 0 saturated carbocycles. The van der Waals surface area contributed by atoms with Crippen molar-refractivity contribution >= 4 is 33.1 Å². The zero-order valence-corrected chi connectivity index (χ0v) is 21.1. The van der Waals surface area contributed by atoms with Crippen LogP contribution in [-0.2, 0) is 31.4 Å². The van der Waals surface area contributed by atoms with E-state index in [1.54, 1.807) is 42.3 Å². The molecule has 3 aromatic carbocycles. The Morgan fingerprint density at radius 1 is 0.892 bits per heavy atom. The summed E-state index contributed by atoms with van der Waals surface area (Å²) in [6.07, 6.45) is 2.32. The maximum absolute atomic E-state index is 14.3. The molecule has 0 aromatic heterocycles. The molecule has 8 heteroatoms. The lowest BCUT2D eigenvalue weighted by atomic mass is 9.70. The third kappa shape index (κ3) is 2.79. The van der Waals surface area contributed by atoms with Gasteiger partial charge in [-0.15, -0.1) is 0 Å². The Kier molecular flexibility index (Phi) is 4.55. The number of anilines is 1. The predicted octanol–water partition coefficient (Wildman–Crippen LogP) is 3.17. The first-order valence-electron chi connectivity index (χ1n) is 12.4. The van der Waals surface area contributed by atoms with E-state index in [0.717, 1.165) is 28.7 Å². The number of nitrogens with zero attached hydrogens (tertiary/aromatic N) is 3. The van der Waals surface area contributed by atoms with Crippen molar-refractivity contribution in [3.8, 4) is 0 Å². The average Bonchev–Trinajstić information content (AvgIpc) is 3.56. The molecule has 2 saturated heterocycles. The molecule has 0 N–H and O–H groups in total. The SMILES string of the molecule is CN1CC(=O)N2[C@@H](C[C@]3(C4=CCc5ccccc54)c4ccccc4N(S(=O)(=O)c4ccccc4)[C@H]23)C1=O. The van der Waals surface area contributed by atoms with Crippen LogP contribution in [0.15, 0.2) is 89.8 Å². The summed E-state index contributed by atoms with van der Waals surface area (Å²) in [6.45, 7) is -0.0763. The summed E-state index contributed by atoms with van der Waals surface area (Å²) in [5, 5.41) is 0. The minimum absolute atomic E-state index is 0.0763. The topological polar surface area (TPSA) is 78.0 Å². The molecule has 2 amide bonds. The Bertz CT molecular complexity index is 1620. The summed E-state index contributed by atoms with van der Waals surface area (Å²) in [5.74, 6) is -0.401. The number of rotatable bonds is 3. The fourth-order valence-corrected chi connectivity index (χ4v) is 8.54. The number of sulfonamides is 1. The minimum Gasteiger partial charge on any atom is -0.335 e. The Labute approximate surface area is 215 Å². The first kappa shape index (κ1) is 22.3. The number of carbonyl (C=O) groups is 2. The van der Waals surface area contributed by atoms with Crippen LogP contribution >= 0.6 is 0 Å². The Balaban J connectivity index is 1.54. The van der Waals surface area contributed by atoms with Gasteiger partial charge in [0, 0.05) is 7.05 Å². The second-order valence-corrected chi connectivity index (χ2v) is 12.0. The first-order chi connectivity index (χ1) is 17.9. The van der Waals surface area contributed by atoms with Crippen LogP contribution in [0.4, 0.5) is 5.69 Å². The van der Waals surface area contributed by atoms with Crippen LogP contribution in [0.2, 0.25) is 0 Å². The molecule has 2 fully saturated rings. The number of carbonyl (C=O) groups excluding carboxylic acids is 2. The van der Waals surface area contributed by atoms with Crippen LogP contribution in [0, 0.1) is 0 Å². The third-order valence-corrected chi connectivity index (χ3v) is 10.1. The van der Waals surface area contributed by atoms with Gasteiger partial charge in [-0.2, -0.15) is 0 Å². The molecule has 37 heavy (non-hydrogen) atoms. The highest BCUT2D eigenvalue weighted by atomic mass is 32.2. The standard InChI is InChI=1S/C29H25N3O4S/c1-30-18-26(33)31-25(27(30)34)17-29(22-16-15-19-9-5-6-12-21(19)22)23-13-7-8-14-24(23)32(28(29)31)37(35,36)20-10-3-2-4-11-20/h2-14,16,25,28H,15,17-18H2,1H3/t25-,28-,29-/m0/s1. The molecule has 3 aromatic rings. The molecule has 0 radical (unpaired) electrons. The number of allylic oxidation sites excluding steroid dienone is 1. The molecular weight excluding hydrogens is 486 g/mol. The lowest BCUT2D eigenvalue weighted by Crippen LogP contribution is -2.62. The highest BCUT2D eigenvalue weighted by molar-refractivity contribution is 7.92. The second kappa shape index (κ2) is 7.55. The summed E-state index contributed by atoms with van der Waals surface area (Å²) in [4.78, 5) is 30.3. The van der Waals surface area contributed by atoms with E-state index in [2.05, 4.69) is 18.2 Å². The molecule has 3 atom stereocenters. The Hall–Kier alpha value is -3.91. The van der Waals surface area contributed by atoms with Gasteiger partial charge in [-0.25, -0.2) is 12.7 Å². The van der Waals surface area contributed by atoms with Crippen molar-refractivity contribution in [1.29, 1.82) is 0 Å². The van der Waals surface area contributed by atoms with Gasteiger partial charge in [-0.3, -0.25) is 9.59 Å². The zero-order valence-electron chi connectivity index (χ0n) is 20.2. The predicted molar refractivity (Wildman–Crippen MR) is 139 cm³/mol. The number of amides is 2. The summed E-state index contributed by atoms with van der Waals surface area (Å²) < 4.78 is 30.1. The fraction of sp³-hybridized carbons (Fsp3) is 0.241. The number of piperazine rings is 1. The molecule has 7 nitrogen and oxygen atoms in total. The second-order valence-electron chi connectivity index (χ2n) is 10.2. The van der Waals surface area contributed by atoms with Gasteiger partial charge >= 0.3 is 0 Å². The van der Waals surface area contributed by atoms with Gasteiger partial charge in [0.15, 0.2) is 0 Å². The van der Waals surface area contributed by atoms with Gasteiger partial charge in [0.25, 0.3) is 10.0 Å². The molecule has 3 heterocycles. The van der Waals surface area contributed by atoms with Crippen LogP contribution in [0.3, 0.4) is 0 Å². The lowest BCUT2D eigenvalue weighted by molar-refractivity contribution is -0.153. The number of likely N-dealkylation sites (N-methyl/N-ethyl adjacent to an activating group) is 1. The van der Waals surface area contributed by atoms with E-state index < -0.39 is 27.6 Å². The monoisotopic (exact) mass is 511 g/mol. The number of fused-ring (bicyclic) bond motifs is 6. The zero-order chi connectivity index (χ0) is 25.5. The van der Waals surface area contributed by atoms with Crippen molar-refractivity contribution in [3.05, 3.63) is 102 Å². The number of para-hydroxylation sites is 1. The Morgan fingerprint density at radius 2 is 1.59 bits per heavy atom. The smallest absolute Gasteiger partial charge is 0.266 e. The van der Waals surface area contributed by atoms with Crippen molar-refractivity contribution in [2.24, 2.45) is 0 Å². The van der Waals surface area contributed by atoms with Crippen LogP contribution in [0.5, 0.6) is 0 Å². The molecule has 3 aliphatic heterocycles. The number of hydrogen-bond donors (Lipinski definition) is 0. The fourth-order valence-electron chi connectivity index (χ4n) is 6.85. The van der Waals surface area contributed by atoms with Crippen LogP contribution in [0.25, 0.3) is 5.57 Å². The van der Waals surface area contributed by atoms with Crippen LogP contribution in [-0.4, -0.2) is 55.8 Å². The van der Waals surface area contributed by atoms with E-state index in [4.69, 9.17) is 0 Å². The minimum atomic E-state index is -4.07. The normalized spacial score (nSPS) is 26.1. The molecule has 4 aliphatic rings. The van der Waals surface area contributed by atoms with Crippen molar-refractivity contribution in [2.75, 3.05) is 17.9 Å². The highest BCUT2D eigenvalue weighted by Gasteiger charge is 2.68. The largest absolute Gasteiger partial charge is 0.335 e. The van der Waals surface area contributed by atoms with E-state index in [1.807, 2.05) is 36.4 Å². The molecule has 1 aliphatic carbocycles. The van der Waals surface area contributed by atoms with Crippen LogP contribution < -0.4 is 4.31 Å². The first-order valence-corrected chi connectivity index (χ1v) is 13.8. The van der Waals surface area contributed by atoms with Gasteiger partial charge < -0.3 is 9.80 Å². The Morgan fingerprint density at radius 3 is 2.41 bits per heavy atom. The summed E-state index contributed by atoms with van der Waals surface area (Å²) in [7, 11) is -2.44. The number of hydrogen-bond acceptors (Lipinski definition) is 4. The third-order valence-electron chi connectivity index (χ3n) is 8.34. The van der Waals surface area contributed by atoms with E-state index in [1.165, 1.54) is 9.21 Å². The highest BCUT2D eigenvalue weighted by Crippen LogP contribution is 2.62. The average molecular weight is 512 g/mol. The van der Waals surface area contributed by atoms with E-state index in [-0.39, 0.29) is 23.3 Å². The summed E-state index contributed by atoms with van der Waals surface area (Å²) in [6, 6.07) is 23.2. The van der Waals surface area contributed by atoms with Crippen LogP contribution in [0.1, 0.15) is 23.1 Å². The summed E-state index contributed by atoms with van der Waals surface area (Å²) >= 11 is 0. The molecule has 186 valence electrons. The van der Waals surface area contributed by atoms with Crippen molar-refractivity contribution < 1.29 is 18.0 Å². The van der Waals surface area contributed by atoms with Gasteiger partial charge in [0.1, 0.15) is 12.2 Å². The van der Waals surface area contributed by atoms with Gasteiger partial charge in [-0.1, -0.05) is 66.7 Å². The van der Waals surface area contributed by atoms with Crippen molar-refractivity contribution in [1.82, 2.24) is 9.80 Å². The summed E-state index contributed by atoms with van der Waals surface area (Å²) in [5.41, 5.74) is 3.71. The lowest BCUT2D eigenvalue weighted by Gasteiger charge is -2.41. The molecule has 0 bridgehead atoms.